The van der Waals surface area contributed by atoms with Crippen molar-refractivity contribution in [3.05, 3.63) is 57.4 Å². The van der Waals surface area contributed by atoms with Gasteiger partial charge in [-0.05, 0) is 32.4 Å². The van der Waals surface area contributed by atoms with Crippen molar-refractivity contribution in [1.29, 1.82) is 0 Å². The molecule has 1 aromatic heterocycles. The third kappa shape index (κ3) is 4.22. The molecule has 0 spiro atoms. The Labute approximate surface area is 139 Å². The Morgan fingerprint density at radius 2 is 1.88 bits per heavy atom. The van der Waals surface area contributed by atoms with Crippen molar-refractivity contribution < 1.29 is 14.0 Å². The average molecular weight is 329 g/mol. The largest absolute Gasteiger partial charge is 0.443 e. The summed E-state index contributed by atoms with van der Waals surface area (Å²) in [5, 5.41) is 3.00. The number of anilines is 2. The number of benzene rings is 1. The third-order valence-corrected chi connectivity index (χ3v) is 3.32. The number of aryl methyl sites for hydroxylation is 2. The summed E-state index contributed by atoms with van der Waals surface area (Å²) < 4.78 is 5.32. The highest BCUT2D eigenvalue weighted by atomic mass is 16.4. The van der Waals surface area contributed by atoms with Gasteiger partial charge < -0.3 is 9.73 Å². The van der Waals surface area contributed by atoms with E-state index in [2.05, 4.69) is 16.2 Å². The Hall–Kier alpha value is -3.09. The minimum atomic E-state index is -0.457. The number of amides is 1. The standard InChI is InChI=1S/C17H19N3O4/c1-10-6-4-5-7-13(10)18-9-15(23)19-20-17-16(12(3)21)14(22)8-11(2)24-17/h4-8,18,20H,9H2,1-3H3,(H,19,23). The molecule has 2 rings (SSSR count). The molecule has 1 amide bonds. The maximum Gasteiger partial charge on any atom is 0.257 e. The number of hydrogen-bond donors (Lipinski definition) is 3. The number of rotatable bonds is 6. The SMILES string of the molecule is CC(=O)c1c(NNC(=O)CNc2ccccc2C)oc(C)cc1=O. The maximum atomic E-state index is 11.9. The Balaban J connectivity index is 2.01. The summed E-state index contributed by atoms with van der Waals surface area (Å²) in [6, 6.07) is 8.79. The first-order valence-corrected chi connectivity index (χ1v) is 7.38. The minimum absolute atomic E-state index is 0.0172. The Morgan fingerprint density at radius 3 is 2.54 bits per heavy atom. The molecule has 0 aliphatic rings. The van der Waals surface area contributed by atoms with Gasteiger partial charge in [-0.3, -0.25) is 25.2 Å². The van der Waals surface area contributed by atoms with Crippen LogP contribution in [-0.4, -0.2) is 18.2 Å². The van der Waals surface area contributed by atoms with Gasteiger partial charge in [0.05, 0.1) is 6.54 Å². The number of carbonyl (C=O) groups excluding carboxylic acids is 2. The van der Waals surface area contributed by atoms with E-state index in [0.717, 1.165) is 11.3 Å². The third-order valence-electron chi connectivity index (χ3n) is 3.32. The molecule has 7 heteroatoms. The fourth-order valence-electron chi connectivity index (χ4n) is 2.15. The Kier molecular flexibility index (Phi) is 5.36. The monoisotopic (exact) mass is 329 g/mol. The lowest BCUT2D eigenvalue weighted by molar-refractivity contribution is -0.118. The first kappa shape index (κ1) is 17.3. The van der Waals surface area contributed by atoms with Crippen LogP contribution in [0.3, 0.4) is 0 Å². The van der Waals surface area contributed by atoms with Gasteiger partial charge in [-0.1, -0.05) is 18.2 Å². The highest BCUT2D eigenvalue weighted by Crippen LogP contribution is 2.14. The zero-order valence-electron chi connectivity index (χ0n) is 13.7. The van der Waals surface area contributed by atoms with E-state index in [1.807, 2.05) is 31.2 Å². The highest BCUT2D eigenvalue weighted by Gasteiger charge is 2.16. The zero-order chi connectivity index (χ0) is 17.7. The van der Waals surface area contributed by atoms with Crippen LogP contribution in [0, 0.1) is 13.8 Å². The topological polar surface area (TPSA) is 100 Å². The van der Waals surface area contributed by atoms with Gasteiger partial charge in [0, 0.05) is 11.8 Å². The summed E-state index contributed by atoms with van der Waals surface area (Å²) in [6.45, 7) is 4.79. The smallest absolute Gasteiger partial charge is 0.257 e. The molecular formula is C17H19N3O4. The predicted molar refractivity (Wildman–Crippen MR) is 91.2 cm³/mol. The molecule has 0 aliphatic heterocycles. The average Bonchev–Trinajstić information content (AvgIpc) is 2.51. The number of hydrazine groups is 1. The summed E-state index contributed by atoms with van der Waals surface area (Å²) in [7, 11) is 0. The first-order chi connectivity index (χ1) is 11.4. The summed E-state index contributed by atoms with van der Waals surface area (Å²) in [4.78, 5) is 35.3. The van der Waals surface area contributed by atoms with Gasteiger partial charge in [-0.15, -0.1) is 0 Å². The van der Waals surface area contributed by atoms with E-state index in [0.29, 0.717) is 5.76 Å². The van der Waals surface area contributed by atoms with Crippen molar-refractivity contribution in [2.75, 3.05) is 17.3 Å². The van der Waals surface area contributed by atoms with Crippen molar-refractivity contribution in [2.45, 2.75) is 20.8 Å². The lowest BCUT2D eigenvalue weighted by Gasteiger charge is -2.12. The van der Waals surface area contributed by atoms with Gasteiger partial charge >= 0.3 is 0 Å². The zero-order valence-corrected chi connectivity index (χ0v) is 13.7. The molecule has 0 saturated heterocycles. The summed E-state index contributed by atoms with van der Waals surface area (Å²) in [5.74, 6) is -0.563. The van der Waals surface area contributed by atoms with Crippen molar-refractivity contribution >= 4 is 23.3 Å². The van der Waals surface area contributed by atoms with Crippen LogP contribution >= 0.6 is 0 Å². The molecule has 0 radical (unpaired) electrons. The highest BCUT2D eigenvalue weighted by molar-refractivity contribution is 5.98. The van der Waals surface area contributed by atoms with Crippen LogP contribution in [-0.2, 0) is 4.79 Å². The van der Waals surface area contributed by atoms with E-state index in [-0.39, 0.29) is 23.9 Å². The van der Waals surface area contributed by atoms with Crippen LogP contribution in [0.2, 0.25) is 0 Å². The molecule has 3 N–H and O–H groups in total. The van der Waals surface area contributed by atoms with Crippen molar-refractivity contribution in [2.24, 2.45) is 0 Å². The van der Waals surface area contributed by atoms with Gasteiger partial charge in [-0.2, -0.15) is 0 Å². The van der Waals surface area contributed by atoms with Crippen LogP contribution in [0.1, 0.15) is 28.6 Å². The van der Waals surface area contributed by atoms with E-state index < -0.39 is 11.2 Å². The molecule has 0 bridgehead atoms. The lowest BCUT2D eigenvalue weighted by Crippen LogP contribution is -2.35. The van der Waals surface area contributed by atoms with Crippen molar-refractivity contribution in [1.82, 2.24) is 5.43 Å². The van der Waals surface area contributed by atoms with E-state index in [1.165, 1.54) is 13.0 Å². The normalized spacial score (nSPS) is 10.1. The summed E-state index contributed by atoms with van der Waals surface area (Å²) >= 11 is 0. The molecule has 7 nitrogen and oxygen atoms in total. The molecule has 1 heterocycles. The number of carbonyl (C=O) groups is 2. The van der Waals surface area contributed by atoms with E-state index in [1.54, 1.807) is 6.92 Å². The summed E-state index contributed by atoms with van der Waals surface area (Å²) in [6.07, 6.45) is 0. The van der Waals surface area contributed by atoms with E-state index in [9.17, 15) is 14.4 Å². The lowest BCUT2D eigenvalue weighted by atomic mass is 10.2. The second kappa shape index (κ2) is 7.45. The van der Waals surface area contributed by atoms with Gasteiger partial charge in [0.2, 0.25) is 5.88 Å². The fourth-order valence-corrected chi connectivity index (χ4v) is 2.15. The molecule has 0 aliphatic carbocycles. The molecule has 0 saturated carbocycles. The quantitative estimate of drug-likeness (QED) is 0.554. The molecule has 0 unspecified atom stereocenters. The predicted octanol–water partition coefficient (Wildman–Crippen LogP) is 2.01. The Morgan fingerprint density at radius 1 is 1.17 bits per heavy atom. The molecule has 2 aromatic rings. The van der Waals surface area contributed by atoms with E-state index >= 15 is 0 Å². The Bertz CT molecular complexity index is 827. The van der Waals surface area contributed by atoms with Gasteiger partial charge in [-0.25, -0.2) is 0 Å². The van der Waals surface area contributed by atoms with Gasteiger partial charge in [0.25, 0.3) is 5.91 Å². The number of ketones is 1. The van der Waals surface area contributed by atoms with Crippen LogP contribution in [0.4, 0.5) is 11.6 Å². The fraction of sp³-hybridized carbons (Fsp3) is 0.235. The molecule has 0 fully saturated rings. The van der Waals surface area contributed by atoms with Crippen LogP contribution < -0.4 is 21.6 Å². The number of nitrogens with one attached hydrogen (secondary N) is 3. The van der Waals surface area contributed by atoms with Crippen molar-refractivity contribution in [3.8, 4) is 0 Å². The molecule has 24 heavy (non-hydrogen) atoms. The summed E-state index contributed by atoms with van der Waals surface area (Å²) in [5.41, 5.74) is 6.17. The second-order valence-electron chi connectivity index (χ2n) is 5.32. The van der Waals surface area contributed by atoms with Gasteiger partial charge in [0.15, 0.2) is 11.2 Å². The number of Topliss-reactive ketones (excluding diaryl/α,β-unsaturated/α-hetero) is 1. The molecule has 1 aromatic carbocycles. The first-order valence-electron chi connectivity index (χ1n) is 7.38. The van der Waals surface area contributed by atoms with Crippen LogP contribution in [0.25, 0.3) is 0 Å². The van der Waals surface area contributed by atoms with Gasteiger partial charge in [0.1, 0.15) is 11.3 Å². The van der Waals surface area contributed by atoms with E-state index in [4.69, 9.17) is 4.42 Å². The number of hydrogen-bond acceptors (Lipinski definition) is 6. The molecule has 126 valence electrons. The number of para-hydroxylation sites is 1. The van der Waals surface area contributed by atoms with Crippen molar-refractivity contribution in [3.63, 3.8) is 0 Å². The van der Waals surface area contributed by atoms with Crippen LogP contribution in [0.5, 0.6) is 0 Å². The maximum absolute atomic E-state index is 11.9. The second-order valence-corrected chi connectivity index (χ2v) is 5.32. The molecular weight excluding hydrogens is 310 g/mol. The molecule has 0 atom stereocenters. The minimum Gasteiger partial charge on any atom is -0.443 e. The van der Waals surface area contributed by atoms with Crippen LogP contribution in [0.15, 0.2) is 39.5 Å².